The normalized spacial score (nSPS) is 19.4. The Morgan fingerprint density at radius 3 is 2.44 bits per heavy atom. The molecule has 0 aliphatic heterocycles. The number of sulfonamides is 1. The summed E-state index contributed by atoms with van der Waals surface area (Å²) >= 11 is 5.52. The molecule has 5 heteroatoms. The zero-order chi connectivity index (χ0) is 12.1. The van der Waals surface area contributed by atoms with Gasteiger partial charge in [0.05, 0.1) is 5.75 Å². The summed E-state index contributed by atoms with van der Waals surface area (Å²) in [6.07, 6.45) is 6.04. The van der Waals surface area contributed by atoms with E-state index in [2.05, 4.69) is 11.6 Å². The molecule has 96 valence electrons. The Bertz CT molecular complexity index is 294. The van der Waals surface area contributed by atoms with Crippen LogP contribution in [0.25, 0.3) is 0 Å². The standard InChI is InChI=1S/C11H22ClNO2S/c1-2-11(6-5-7-11)10-13-16(14,15)9-4-3-8-12/h13H,2-10H2,1H3. The van der Waals surface area contributed by atoms with Gasteiger partial charge in [0.1, 0.15) is 0 Å². The second-order valence-corrected chi connectivity index (χ2v) is 7.05. The summed E-state index contributed by atoms with van der Waals surface area (Å²) < 4.78 is 26.0. The molecule has 0 saturated heterocycles. The molecular weight excluding hydrogens is 246 g/mol. The van der Waals surface area contributed by atoms with Crippen LogP contribution in [0.2, 0.25) is 0 Å². The van der Waals surface area contributed by atoms with Crippen molar-refractivity contribution in [3.05, 3.63) is 0 Å². The van der Waals surface area contributed by atoms with Gasteiger partial charge in [-0.25, -0.2) is 13.1 Å². The zero-order valence-electron chi connectivity index (χ0n) is 9.97. The van der Waals surface area contributed by atoms with Crippen LogP contribution in [0.4, 0.5) is 0 Å². The molecule has 0 heterocycles. The van der Waals surface area contributed by atoms with Gasteiger partial charge < -0.3 is 0 Å². The highest BCUT2D eigenvalue weighted by atomic mass is 35.5. The molecule has 0 radical (unpaired) electrons. The number of alkyl halides is 1. The number of halogens is 1. The minimum Gasteiger partial charge on any atom is -0.215 e. The largest absolute Gasteiger partial charge is 0.215 e. The minimum absolute atomic E-state index is 0.208. The minimum atomic E-state index is -3.08. The van der Waals surface area contributed by atoms with E-state index in [0.717, 1.165) is 25.7 Å². The number of hydrogen-bond donors (Lipinski definition) is 1. The molecule has 1 saturated carbocycles. The molecule has 0 atom stereocenters. The van der Waals surface area contributed by atoms with Gasteiger partial charge in [0.15, 0.2) is 0 Å². The lowest BCUT2D eigenvalue weighted by atomic mass is 9.67. The van der Waals surface area contributed by atoms with Gasteiger partial charge in [0.25, 0.3) is 0 Å². The summed E-state index contributed by atoms with van der Waals surface area (Å²) in [5.41, 5.74) is 0.250. The molecule has 0 spiro atoms. The Morgan fingerprint density at radius 2 is 2.00 bits per heavy atom. The monoisotopic (exact) mass is 267 g/mol. The number of hydrogen-bond acceptors (Lipinski definition) is 2. The molecule has 0 amide bonds. The van der Waals surface area contributed by atoms with Crippen LogP contribution in [-0.4, -0.2) is 26.6 Å². The average molecular weight is 268 g/mol. The van der Waals surface area contributed by atoms with Crippen molar-refractivity contribution in [3.8, 4) is 0 Å². The third kappa shape index (κ3) is 4.22. The Labute approximate surface area is 104 Å². The summed E-state index contributed by atoms with van der Waals surface area (Å²) in [5.74, 6) is 0.744. The lowest BCUT2D eigenvalue weighted by Crippen LogP contribution is -2.42. The van der Waals surface area contributed by atoms with Crippen molar-refractivity contribution >= 4 is 21.6 Å². The fourth-order valence-electron chi connectivity index (χ4n) is 2.05. The van der Waals surface area contributed by atoms with Crippen LogP contribution in [0.1, 0.15) is 45.4 Å². The van der Waals surface area contributed by atoms with Gasteiger partial charge in [-0.2, -0.15) is 0 Å². The highest BCUT2D eigenvalue weighted by molar-refractivity contribution is 7.89. The summed E-state index contributed by atoms with van der Waals surface area (Å²) in [6.45, 7) is 2.76. The summed E-state index contributed by atoms with van der Waals surface area (Å²) in [6, 6.07) is 0. The molecule has 0 unspecified atom stereocenters. The Kier molecular flexibility index (Phi) is 5.54. The van der Waals surface area contributed by atoms with Crippen LogP contribution in [-0.2, 0) is 10.0 Å². The van der Waals surface area contributed by atoms with Gasteiger partial charge in [-0.3, -0.25) is 0 Å². The van der Waals surface area contributed by atoms with E-state index >= 15 is 0 Å². The quantitative estimate of drug-likeness (QED) is 0.543. The van der Waals surface area contributed by atoms with Gasteiger partial charge in [-0.1, -0.05) is 13.3 Å². The molecule has 3 nitrogen and oxygen atoms in total. The summed E-state index contributed by atoms with van der Waals surface area (Å²) in [5, 5.41) is 0. The van der Waals surface area contributed by atoms with Crippen molar-refractivity contribution < 1.29 is 8.42 Å². The molecule has 0 aromatic heterocycles. The molecule has 1 rings (SSSR count). The molecule has 16 heavy (non-hydrogen) atoms. The predicted octanol–water partition coefficient (Wildman–Crippen LogP) is 2.51. The lowest BCUT2D eigenvalue weighted by molar-refractivity contribution is 0.133. The number of nitrogens with one attached hydrogen (secondary N) is 1. The van der Waals surface area contributed by atoms with Gasteiger partial charge in [-0.15, -0.1) is 11.6 Å². The molecule has 0 aromatic rings. The third-order valence-electron chi connectivity index (χ3n) is 3.63. The molecule has 1 fully saturated rings. The molecule has 1 N–H and O–H groups in total. The van der Waals surface area contributed by atoms with Crippen LogP contribution < -0.4 is 4.72 Å². The zero-order valence-corrected chi connectivity index (χ0v) is 11.5. The molecular formula is C11H22ClNO2S. The van der Waals surface area contributed by atoms with E-state index in [9.17, 15) is 8.42 Å². The van der Waals surface area contributed by atoms with E-state index in [0.29, 0.717) is 18.8 Å². The second-order valence-electron chi connectivity index (χ2n) is 4.74. The van der Waals surface area contributed by atoms with Gasteiger partial charge in [-0.05, 0) is 37.5 Å². The summed E-state index contributed by atoms with van der Waals surface area (Å²) in [4.78, 5) is 0. The highest BCUT2D eigenvalue weighted by Crippen LogP contribution is 2.43. The van der Waals surface area contributed by atoms with Crippen molar-refractivity contribution in [2.75, 3.05) is 18.2 Å². The smallest absolute Gasteiger partial charge is 0.211 e. The second kappa shape index (κ2) is 6.22. The van der Waals surface area contributed by atoms with Crippen molar-refractivity contribution in [3.63, 3.8) is 0 Å². The topological polar surface area (TPSA) is 46.2 Å². The van der Waals surface area contributed by atoms with Crippen LogP contribution in [0, 0.1) is 5.41 Å². The Balaban J connectivity index is 2.30. The van der Waals surface area contributed by atoms with Gasteiger partial charge >= 0.3 is 0 Å². The Hall–Kier alpha value is 0.200. The molecule has 1 aliphatic rings. The third-order valence-corrected chi connectivity index (χ3v) is 5.31. The van der Waals surface area contributed by atoms with Crippen molar-refractivity contribution in [1.29, 1.82) is 0 Å². The molecule has 0 bridgehead atoms. The van der Waals surface area contributed by atoms with Crippen LogP contribution in [0.3, 0.4) is 0 Å². The fraction of sp³-hybridized carbons (Fsp3) is 1.00. The van der Waals surface area contributed by atoms with Crippen molar-refractivity contribution in [2.24, 2.45) is 5.41 Å². The fourth-order valence-corrected chi connectivity index (χ4v) is 3.50. The molecule has 0 aromatic carbocycles. The van der Waals surface area contributed by atoms with Crippen LogP contribution >= 0.6 is 11.6 Å². The van der Waals surface area contributed by atoms with E-state index in [4.69, 9.17) is 11.6 Å². The number of rotatable bonds is 8. The highest BCUT2D eigenvalue weighted by Gasteiger charge is 2.35. The van der Waals surface area contributed by atoms with E-state index in [1.54, 1.807) is 0 Å². The van der Waals surface area contributed by atoms with Crippen LogP contribution in [0.15, 0.2) is 0 Å². The number of unbranched alkanes of at least 4 members (excludes halogenated alkanes) is 1. The Morgan fingerprint density at radius 1 is 1.31 bits per heavy atom. The van der Waals surface area contributed by atoms with E-state index in [-0.39, 0.29) is 11.2 Å². The van der Waals surface area contributed by atoms with Gasteiger partial charge in [0.2, 0.25) is 10.0 Å². The predicted molar refractivity (Wildman–Crippen MR) is 68.3 cm³/mol. The molecule has 1 aliphatic carbocycles. The van der Waals surface area contributed by atoms with Crippen molar-refractivity contribution in [2.45, 2.75) is 45.4 Å². The SMILES string of the molecule is CCC1(CNS(=O)(=O)CCCCCl)CCC1. The first-order valence-corrected chi connectivity index (χ1v) is 8.26. The lowest BCUT2D eigenvalue weighted by Gasteiger charge is -2.41. The summed E-state index contributed by atoms with van der Waals surface area (Å²) in [7, 11) is -3.08. The van der Waals surface area contributed by atoms with E-state index < -0.39 is 10.0 Å². The first-order chi connectivity index (χ1) is 7.54. The maximum absolute atomic E-state index is 11.7. The first kappa shape index (κ1) is 14.3. The van der Waals surface area contributed by atoms with Crippen LogP contribution in [0.5, 0.6) is 0 Å². The average Bonchev–Trinajstić information content (AvgIpc) is 2.17. The van der Waals surface area contributed by atoms with E-state index in [1.807, 2.05) is 0 Å². The maximum Gasteiger partial charge on any atom is 0.211 e. The van der Waals surface area contributed by atoms with Crippen molar-refractivity contribution in [1.82, 2.24) is 4.72 Å². The first-order valence-electron chi connectivity index (χ1n) is 6.07. The maximum atomic E-state index is 11.7. The van der Waals surface area contributed by atoms with E-state index in [1.165, 1.54) is 6.42 Å². The van der Waals surface area contributed by atoms with Gasteiger partial charge in [0, 0.05) is 12.4 Å².